The molecule has 1 aromatic rings. The van der Waals surface area contributed by atoms with Gasteiger partial charge < -0.3 is 10.5 Å². The maximum absolute atomic E-state index is 5.97. The average Bonchev–Trinajstić information content (AvgIpc) is 2.12. The number of ether oxygens (including phenoxy) is 1. The van der Waals surface area contributed by atoms with Crippen LogP contribution in [-0.2, 0) is 11.3 Å². The lowest BCUT2D eigenvalue weighted by Gasteiger charge is -2.28. The molecule has 70 valence electrons. The third-order valence-electron chi connectivity index (χ3n) is 2.47. The zero-order valence-electron chi connectivity index (χ0n) is 7.46. The van der Waals surface area contributed by atoms with Gasteiger partial charge in [-0.2, -0.15) is 0 Å². The molecule has 2 atom stereocenters. The normalized spacial score (nSPS) is 27.0. The van der Waals surface area contributed by atoms with Gasteiger partial charge >= 0.3 is 0 Å². The van der Waals surface area contributed by atoms with Crippen molar-refractivity contribution in [1.29, 1.82) is 0 Å². The Bertz CT molecular complexity index is 327. The number of fused-ring (bicyclic) bond motifs is 1. The Morgan fingerprint density at radius 3 is 3.08 bits per heavy atom. The Kier molecular flexibility index (Phi) is 2.28. The Morgan fingerprint density at radius 2 is 2.31 bits per heavy atom. The van der Waals surface area contributed by atoms with Gasteiger partial charge in [-0.1, -0.05) is 17.7 Å². The lowest BCUT2D eigenvalue weighted by atomic mass is 9.95. The number of halogens is 1. The molecule has 0 amide bonds. The van der Waals surface area contributed by atoms with Crippen LogP contribution in [0.4, 0.5) is 0 Å². The fourth-order valence-electron chi connectivity index (χ4n) is 1.60. The molecule has 2 N–H and O–H groups in total. The molecule has 0 saturated heterocycles. The van der Waals surface area contributed by atoms with E-state index in [4.69, 9.17) is 22.1 Å². The van der Waals surface area contributed by atoms with Crippen LogP contribution in [0.5, 0.6) is 0 Å². The van der Waals surface area contributed by atoms with E-state index in [-0.39, 0.29) is 12.1 Å². The molecule has 1 aliphatic rings. The summed E-state index contributed by atoms with van der Waals surface area (Å²) in [5.74, 6) is 0. The fourth-order valence-corrected chi connectivity index (χ4v) is 1.80. The second kappa shape index (κ2) is 3.29. The standard InChI is InChI=1S/C10H12ClNO/c1-6-10(12)9-3-2-8(11)4-7(9)5-13-6/h2-4,6,10H,5,12H2,1H3/t6-,10-/m1/s1. The van der Waals surface area contributed by atoms with E-state index in [1.807, 2.05) is 25.1 Å². The van der Waals surface area contributed by atoms with Crippen molar-refractivity contribution in [2.24, 2.45) is 5.73 Å². The highest BCUT2D eigenvalue weighted by Crippen LogP contribution is 2.29. The Labute approximate surface area is 82.6 Å². The minimum absolute atomic E-state index is 0.0268. The van der Waals surface area contributed by atoms with E-state index in [0.717, 1.165) is 16.1 Å². The number of hydrogen-bond donors (Lipinski definition) is 1. The minimum Gasteiger partial charge on any atom is -0.372 e. The summed E-state index contributed by atoms with van der Waals surface area (Å²) in [6.07, 6.45) is 0.0914. The topological polar surface area (TPSA) is 35.2 Å². The van der Waals surface area contributed by atoms with E-state index in [1.54, 1.807) is 0 Å². The van der Waals surface area contributed by atoms with Crippen molar-refractivity contribution in [2.75, 3.05) is 0 Å². The van der Waals surface area contributed by atoms with Gasteiger partial charge in [-0.3, -0.25) is 0 Å². The van der Waals surface area contributed by atoms with E-state index in [0.29, 0.717) is 6.61 Å². The summed E-state index contributed by atoms with van der Waals surface area (Å²) in [6, 6.07) is 5.75. The number of benzene rings is 1. The van der Waals surface area contributed by atoms with E-state index in [1.165, 1.54) is 0 Å². The summed E-state index contributed by atoms with van der Waals surface area (Å²) >= 11 is 5.86. The predicted molar refractivity (Wildman–Crippen MR) is 52.6 cm³/mol. The third-order valence-corrected chi connectivity index (χ3v) is 2.71. The third kappa shape index (κ3) is 1.57. The number of hydrogen-bond acceptors (Lipinski definition) is 2. The van der Waals surface area contributed by atoms with Crippen LogP contribution in [0.2, 0.25) is 5.02 Å². The van der Waals surface area contributed by atoms with Gasteiger partial charge in [0.15, 0.2) is 0 Å². The highest BCUT2D eigenvalue weighted by atomic mass is 35.5. The summed E-state index contributed by atoms with van der Waals surface area (Å²) in [5.41, 5.74) is 8.24. The Hall–Kier alpha value is -0.570. The maximum Gasteiger partial charge on any atom is 0.0744 e. The lowest BCUT2D eigenvalue weighted by molar-refractivity contribution is 0.0214. The Morgan fingerprint density at radius 1 is 1.54 bits per heavy atom. The van der Waals surface area contributed by atoms with Gasteiger partial charge in [-0.25, -0.2) is 0 Å². The van der Waals surface area contributed by atoms with E-state index < -0.39 is 0 Å². The van der Waals surface area contributed by atoms with Gasteiger partial charge in [-0.05, 0) is 30.2 Å². The zero-order chi connectivity index (χ0) is 9.42. The second-order valence-electron chi connectivity index (χ2n) is 3.39. The van der Waals surface area contributed by atoms with Crippen molar-refractivity contribution < 1.29 is 4.74 Å². The van der Waals surface area contributed by atoms with Crippen LogP contribution in [0.25, 0.3) is 0 Å². The van der Waals surface area contributed by atoms with Crippen LogP contribution in [0.1, 0.15) is 24.1 Å². The summed E-state index contributed by atoms with van der Waals surface area (Å²) < 4.78 is 5.49. The SMILES string of the molecule is C[C@H]1OCc2cc(Cl)ccc2[C@@H]1N. The van der Waals surface area contributed by atoms with Crippen molar-refractivity contribution in [2.45, 2.75) is 25.7 Å². The van der Waals surface area contributed by atoms with Crippen molar-refractivity contribution in [3.63, 3.8) is 0 Å². The predicted octanol–water partition coefficient (Wildman–Crippen LogP) is 2.26. The van der Waals surface area contributed by atoms with Crippen LogP contribution >= 0.6 is 11.6 Å². The summed E-state index contributed by atoms with van der Waals surface area (Å²) in [5, 5.41) is 0.740. The first-order chi connectivity index (χ1) is 6.18. The van der Waals surface area contributed by atoms with Crippen LogP contribution in [0, 0.1) is 0 Å². The summed E-state index contributed by atoms with van der Waals surface area (Å²) in [6.45, 7) is 2.60. The number of rotatable bonds is 0. The van der Waals surface area contributed by atoms with E-state index in [9.17, 15) is 0 Å². The van der Waals surface area contributed by atoms with Crippen molar-refractivity contribution >= 4 is 11.6 Å². The quantitative estimate of drug-likeness (QED) is 0.693. The van der Waals surface area contributed by atoms with Gasteiger partial charge in [0.25, 0.3) is 0 Å². The summed E-state index contributed by atoms with van der Waals surface area (Å²) in [7, 11) is 0. The maximum atomic E-state index is 5.97. The lowest BCUT2D eigenvalue weighted by Crippen LogP contribution is -2.31. The molecule has 13 heavy (non-hydrogen) atoms. The molecule has 0 aliphatic carbocycles. The molecule has 0 fully saturated rings. The molecule has 3 heteroatoms. The molecule has 0 aromatic heterocycles. The van der Waals surface area contributed by atoms with Crippen molar-refractivity contribution in [1.82, 2.24) is 0 Å². The molecular formula is C10H12ClNO. The first-order valence-corrected chi connectivity index (χ1v) is 4.72. The van der Waals surface area contributed by atoms with Crippen LogP contribution in [0.3, 0.4) is 0 Å². The van der Waals surface area contributed by atoms with Crippen LogP contribution in [0.15, 0.2) is 18.2 Å². The largest absolute Gasteiger partial charge is 0.372 e. The first kappa shape index (κ1) is 9.00. The highest BCUT2D eigenvalue weighted by Gasteiger charge is 2.23. The van der Waals surface area contributed by atoms with Gasteiger partial charge in [-0.15, -0.1) is 0 Å². The molecule has 1 aromatic carbocycles. The smallest absolute Gasteiger partial charge is 0.0744 e. The van der Waals surface area contributed by atoms with Crippen molar-refractivity contribution in [3.8, 4) is 0 Å². The van der Waals surface area contributed by atoms with Gasteiger partial charge in [0.05, 0.1) is 18.8 Å². The Balaban J connectivity index is 2.44. The molecule has 0 bridgehead atoms. The fraction of sp³-hybridized carbons (Fsp3) is 0.400. The van der Waals surface area contributed by atoms with Crippen LogP contribution in [-0.4, -0.2) is 6.10 Å². The average molecular weight is 198 g/mol. The monoisotopic (exact) mass is 197 g/mol. The van der Waals surface area contributed by atoms with Crippen LogP contribution < -0.4 is 5.73 Å². The molecule has 0 spiro atoms. The molecule has 2 nitrogen and oxygen atoms in total. The summed E-state index contributed by atoms with van der Waals surface area (Å²) in [4.78, 5) is 0. The second-order valence-corrected chi connectivity index (χ2v) is 3.82. The molecule has 0 saturated carbocycles. The zero-order valence-corrected chi connectivity index (χ0v) is 8.21. The van der Waals surface area contributed by atoms with E-state index >= 15 is 0 Å². The van der Waals surface area contributed by atoms with E-state index in [2.05, 4.69) is 0 Å². The molecular weight excluding hydrogens is 186 g/mol. The number of nitrogens with two attached hydrogens (primary N) is 1. The molecule has 1 heterocycles. The van der Waals surface area contributed by atoms with Gasteiger partial charge in [0.1, 0.15) is 0 Å². The molecule has 2 rings (SSSR count). The molecule has 0 unspecified atom stereocenters. The van der Waals surface area contributed by atoms with Gasteiger partial charge in [0, 0.05) is 5.02 Å². The van der Waals surface area contributed by atoms with Crippen molar-refractivity contribution in [3.05, 3.63) is 34.3 Å². The molecule has 1 aliphatic heterocycles. The highest BCUT2D eigenvalue weighted by molar-refractivity contribution is 6.30. The molecule has 0 radical (unpaired) electrons. The van der Waals surface area contributed by atoms with Gasteiger partial charge in [0.2, 0.25) is 0 Å². The minimum atomic E-state index is -0.0268. The first-order valence-electron chi connectivity index (χ1n) is 4.34.